The summed E-state index contributed by atoms with van der Waals surface area (Å²) in [6, 6.07) is 39.9. The predicted molar refractivity (Wildman–Crippen MR) is 145 cm³/mol. The SMILES string of the molecule is Fc1ccc(-c2cc(-c3cccc(Cc4cccc(-c5ccccn5)c4)c3)nc3ccccc23)cc1. The summed E-state index contributed by atoms with van der Waals surface area (Å²) in [6.07, 6.45) is 2.63. The number of hydrogen-bond acceptors (Lipinski definition) is 2. The van der Waals surface area contributed by atoms with E-state index in [0.29, 0.717) is 0 Å². The van der Waals surface area contributed by atoms with Crippen LogP contribution in [-0.4, -0.2) is 9.97 Å². The van der Waals surface area contributed by atoms with Crippen molar-refractivity contribution in [2.45, 2.75) is 6.42 Å². The van der Waals surface area contributed by atoms with Gasteiger partial charge < -0.3 is 0 Å². The van der Waals surface area contributed by atoms with Crippen LogP contribution in [0.5, 0.6) is 0 Å². The van der Waals surface area contributed by atoms with Crippen molar-refractivity contribution in [3.63, 3.8) is 0 Å². The van der Waals surface area contributed by atoms with Crippen LogP contribution in [0.25, 0.3) is 44.5 Å². The first kappa shape index (κ1) is 21.9. The van der Waals surface area contributed by atoms with Crippen molar-refractivity contribution >= 4 is 10.9 Å². The van der Waals surface area contributed by atoms with E-state index in [0.717, 1.165) is 51.0 Å². The molecule has 2 aromatic heterocycles. The maximum Gasteiger partial charge on any atom is 0.123 e. The van der Waals surface area contributed by atoms with E-state index in [1.165, 1.54) is 23.3 Å². The van der Waals surface area contributed by atoms with Crippen LogP contribution < -0.4 is 0 Å². The number of hydrogen-bond donors (Lipinski definition) is 0. The van der Waals surface area contributed by atoms with Crippen molar-refractivity contribution in [3.8, 4) is 33.6 Å². The van der Waals surface area contributed by atoms with E-state index in [4.69, 9.17) is 4.98 Å². The molecule has 172 valence electrons. The Bertz CT molecular complexity index is 1660. The fourth-order valence-electron chi connectivity index (χ4n) is 4.64. The molecule has 0 amide bonds. The highest BCUT2D eigenvalue weighted by molar-refractivity contribution is 5.96. The molecule has 0 aliphatic heterocycles. The summed E-state index contributed by atoms with van der Waals surface area (Å²) in [5.41, 5.74) is 9.43. The molecular formula is C33H23FN2. The highest BCUT2D eigenvalue weighted by atomic mass is 19.1. The fraction of sp³-hybridized carbons (Fsp3) is 0.0303. The van der Waals surface area contributed by atoms with Crippen molar-refractivity contribution in [1.29, 1.82) is 0 Å². The van der Waals surface area contributed by atoms with Crippen LogP contribution in [0.1, 0.15) is 11.1 Å². The zero-order valence-corrected chi connectivity index (χ0v) is 19.6. The van der Waals surface area contributed by atoms with Gasteiger partial charge >= 0.3 is 0 Å². The third kappa shape index (κ3) is 4.51. The van der Waals surface area contributed by atoms with Crippen LogP contribution in [0, 0.1) is 5.82 Å². The highest BCUT2D eigenvalue weighted by Crippen LogP contribution is 2.32. The number of nitrogens with zero attached hydrogens (tertiary/aromatic N) is 2. The first-order chi connectivity index (χ1) is 17.7. The van der Waals surface area contributed by atoms with Crippen molar-refractivity contribution in [2.24, 2.45) is 0 Å². The zero-order valence-electron chi connectivity index (χ0n) is 19.6. The van der Waals surface area contributed by atoms with E-state index >= 15 is 0 Å². The molecule has 3 heteroatoms. The minimum Gasteiger partial charge on any atom is -0.256 e. The van der Waals surface area contributed by atoms with Gasteiger partial charge in [0.15, 0.2) is 0 Å². The molecule has 0 fully saturated rings. The maximum atomic E-state index is 13.6. The van der Waals surface area contributed by atoms with E-state index < -0.39 is 0 Å². The molecule has 0 aliphatic rings. The van der Waals surface area contributed by atoms with Gasteiger partial charge in [0.1, 0.15) is 5.82 Å². The topological polar surface area (TPSA) is 25.8 Å². The third-order valence-electron chi connectivity index (χ3n) is 6.39. The Morgan fingerprint density at radius 1 is 0.556 bits per heavy atom. The van der Waals surface area contributed by atoms with Gasteiger partial charge in [-0.05, 0) is 77.2 Å². The number of pyridine rings is 2. The van der Waals surface area contributed by atoms with E-state index in [1.54, 1.807) is 0 Å². The minimum absolute atomic E-state index is 0.239. The van der Waals surface area contributed by atoms with E-state index in [-0.39, 0.29) is 5.82 Å². The van der Waals surface area contributed by atoms with Crippen molar-refractivity contribution in [1.82, 2.24) is 9.97 Å². The molecule has 0 spiro atoms. The molecule has 36 heavy (non-hydrogen) atoms. The van der Waals surface area contributed by atoms with Gasteiger partial charge in [-0.3, -0.25) is 4.98 Å². The quantitative estimate of drug-likeness (QED) is 0.255. The lowest BCUT2D eigenvalue weighted by Gasteiger charge is -2.12. The summed E-state index contributed by atoms with van der Waals surface area (Å²) in [7, 11) is 0. The van der Waals surface area contributed by atoms with Gasteiger partial charge in [0.05, 0.1) is 16.9 Å². The molecule has 0 radical (unpaired) electrons. The number of rotatable bonds is 5. The molecule has 2 nitrogen and oxygen atoms in total. The van der Waals surface area contributed by atoms with Crippen LogP contribution >= 0.6 is 0 Å². The average Bonchev–Trinajstić information content (AvgIpc) is 2.94. The smallest absolute Gasteiger partial charge is 0.123 e. The standard InChI is InChI=1S/C33H23FN2/c34-28-16-14-25(15-17-28)30-22-33(36-32-13-2-1-11-29(30)32)27-10-6-8-24(21-27)19-23-7-5-9-26(20-23)31-12-3-4-18-35-31/h1-18,20-22H,19H2. The van der Waals surface area contributed by atoms with Crippen molar-refractivity contribution in [2.75, 3.05) is 0 Å². The number of fused-ring (bicyclic) bond motifs is 1. The summed E-state index contributed by atoms with van der Waals surface area (Å²) in [5.74, 6) is -0.239. The Hall–Kier alpha value is -4.63. The first-order valence-corrected chi connectivity index (χ1v) is 12.0. The maximum absolute atomic E-state index is 13.6. The summed E-state index contributed by atoms with van der Waals surface area (Å²) in [4.78, 5) is 9.45. The molecule has 2 heterocycles. The second-order valence-electron chi connectivity index (χ2n) is 8.87. The predicted octanol–water partition coefficient (Wildman–Crippen LogP) is 8.36. The lowest BCUT2D eigenvalue weighted by atomic mass is 9.96. The van der Waals surface area contributed by atoms with Crippen LogP contribution in [0.15, 0.2) is 128 Å². The molecule has 0 saturated heterocycles. The van der Waals surface area contributed by atoms with Crippen LogP contribution in [0.2, 0.25) is 0 Å². The summed E-state index contributed by atoms with van der Waals surface area (Å²) in [6.45, 7) is 0. The zero-order chi connectivity index (χ0) is 24.3. The molecule has 0 atom stereocenters. The van der Waals surface area contributed by atoms with Gasteiger partial charge in [0.25, 0.3) is 0 Å². The number of halogens is 1. The molecule has 0 N–H and O–H groups in total. The molecule has 6 rings (SSSR count). The van der Waals surface area contributed by atoms with Crippen LogP contribution in [0.4, 0.5) is 4.39 Å². The average molecular weight is 467 g/mol. The lowest BCUT2D eigenvalue weighted by molar-refractivity contribution is 0.628. The number of benzene rings is 4. The highest BCUT2D eigenvalue weighted by Gasteiger charge is 2.11. The van der Waals surface area contributed by atoms with Crippen LogP contribution in [-0.2, 0) is 6.42 Å². The molecule has 6 aromatic rings. The Labute approximate surface area is 209 Å². The van der Waals surface area contributed by atoms with Gasteiger partial charge in [0, 0.05) is 22.7 Å². The second-order valence-corrected chi connectivity index (χ2v) is 8.87. The molecule has 0 unspecified atom stereocenters. The van der Waals surface area contributed by atoms with E-state index in [2.05, 4.69) is 65.6 Å². The molecule has 0 bridgehead atoms. The monoisotopic (exact) mass is 466 g/mol. The molecule has 0 aliphatic carbocycles. The van der Waals surface area contributed by atoms with E-state index in [1.807, 2.05) is 54.7 Å². The third-order valence-corrected chi connectivity index (χ3v) is 6.39. The van der Waals surface area contributed by atoms with Gasteiger partial charge in [-0.15, -0.1) is 0 Å². The Morgan fingerprint density at radius 3 is 1.97 bits per heavy atom. The lowest BCUT2D eigenvalue weighted by Crippen LogP contribution is -1.93. The molecule has 0 saturated carbocycles. The Balaban J connectivity index is 1.37. The molecule has 4 aromatic carbocycles. The van der Waals surface area contributed by atoms with Gasteiger partial charge in [-0.1, -0.05) is 72.8 Å². The Kier molecular flexibility index (Phi) is 5.80. The van der Waals surface area contributed by atoms with Gasteiger partial charge in [0.2, 0.25) is 0 Å². The van der Waals surface area contributed by atoms with Gasteiger partial charge in [-0.25, -0.2) is 9.37 Å². The second kappa shape index (κ2) is 9.55. The minimum atomic E-state index is -0.239. The van der Waals surface area contributed by atoms with E-state index in [9.17, 15) is 4.39 Å². The fourth-order valence-corrected chi connectivity index (χ4v) is 4.64. The normalized spacial score (nSPS) is 11.0. The number of aromatic nitrogens is 2. The van der Waals surface area contributed by atoms with Crippen molar-refractivity contribution in [3.05, 3.63) is 144 Å². The van der Waals surface area contributed by atoms with Crippen LogP contribution in [0.3, 0.4) is 0 Å². The van der Waals surface area contributed by atoms with Gasteiger partial charge in [-0.2, -0.15) is 0 Å². The Morgan fingerprint density at radius 2 is 1.25 bits per heavy atom. The number of para-hydroxylation sites is 1. The summed E-state index contributed by atoms with van der Waals surface area (Å²) in [5, 5.41) is 1.05. The molecular weight excluding hydrogens is 443 g/mol. The van der Waals surface area contributed by atoms with Crippen molar-refractivity contribution < 1.29 is 4.39 Å². The summed E-state index contributed by atoms with van der Waals surface area (Å²) < 4.78 is 13.6. The first-order valence-electron chi connectivity index (χ1n) is 12.0. The summed E-state index contributed by atoms with van der Waals surface area (Å²) >= 11 is 0. The largest absolute Gasteiger partial charge is 0.256 e.